The summed E-state index contributed by atoms with van der Waals surface area (Å²) in [6.45, 7) is 1.94. The van der Waals surface area contributed by atoms with Crippen LogP contribution in [0.15, 0.2) is 23.4 Å². The highest BCUT2D eigenvalue weighted by molar-refractivity contribution is 7.89. The third-order valence-electron chi connectivity index (χ3n) is 3.78. The Bertz CT molecular complexity index is 631. The highest BCUT2D eigenvalue weighted by atomic mass is 32.2. The van der Waals surface area contributed by atoms with E-state index in [-0.39, 0.29) is 4.90 Å². The van der Waals surface area contributed by atoms with Crippen LogP contribution in [0.2, 0.25) is 0 Å². The van der Waals surface area contributed by atoms with Gasteiger partial charge in [-0.1, -0.05) is 0 Å². The van der Waals surface area contributed by atoms with Gasteiger partial charge in [-0.05, 0) is 19.8 Å². The molecule has 0 unspecified atom stereocenters. The molecule has 1 aliphatic heterocycles. The number of aromatic nitrogens is 1. The molecule has 21 heavy (non-hydrogen) atoms. The largest absolute Gasteiger partial charge is 0.495 e. The molecule has 1 aromatic rings. The summed E-state index contributed by atoms with van der Waals surface area (Å²) in [5.74, 6) is -1.31. The fourth-order valence-corrected chi connectivity index (χ4v) is 4.25. The molecule has 116 valence electrons. The van der Waals surface area contributed by atoms with E-state index in [0.29, 0.717) is 25.1 Å². The number of aliphatic carboxylic acids is 1. The lowest BCUT2D eigenvalue weighted by Gasteiger charge is -2.36. The van der Waals surface area contributed by atoms with Crippen molar-refractivity contribution in [3.8, 4) is 5.75 Å². The van der Waals surface area contributed by atoms with Crippen molar-refractivity contribution >= 4 is 16.0 Å². The lowest BCUT2D eigenvalue weighted by Crippen LogP contribution is -2.49. The standard InChI is InChI=1S/C13H18N2O5S/c1-9-12(13(16)17)4-3-5-15(9)21(18,19)11-6-10(20-2)7-14-8-11/h6-9,12H,3-5H2,1-2H3,(H,16,17)/t9-,12-/m0/s1. The van der Waals surface area contributed by atoms with E-state index in [1.165, 1.54) is 29.9 Å². The fraction of sp³-hybridized carbons (Fsp3) is 0.538. The maximum Gasteiger partial charge on any atom is 0.308 e. The van der Waals surface area contributed by atoms with Gasteiger partial charge >= 0.3 is 5.97 Å². The summed E-state index contributed by atoms with van der Waals surface area (Å²) in [7, 11) is -2.35. The average Bonchev–Trinajstić information content (AvgIpc) is 2.47. The second kappa shape index (κ2) is 5.98. The summed E-state index contributed by atoms with van der Waals surface area (Å²) in [5.41, 5.74) is 0. The molecule has 1 N–H and O–H groups in total. The fourth-order valence-electron chi connectivity index (χ4n) is 2.57. The summed E-state index contributed by atoms with van der Waals surface area (Å²) < 4.78 is 31.6. The summed E-state index contributed by atoms with van der Waals surface area (Å²) in [5, 5.41) is 9.19. The normalized spacial score (nSPS) is 23.7. The molecule has 0 spiro atoms. The molecular weight excluding hydrogens is 296 g/mol. The summed E-state index contributed by atoms with van der Waals surface area (Å²) in [6.07, 6.45) is 3.67. The molecule has 1 aliphatic rings. The number of carboxylic acid groups (broad SMARTS) is 1. The number of ether oxygens (including phenoxy) is 1. The molecule has 0 radical (unpaired) electrons. The Morgan fingerprint density at radius 1 is 1.48 bits per heavy atom. The zero-order chi connectivity index (χ0) is 15.6. The van der Waals surface area contributed by atoms with Gasteiger partial charge in [0.15, 0.2) is 0 Å². The molecule has 0 aliphatic carbocycles. The van der Waals surface area contributed by atoms with Crippen LogP contribution in [-0.2, 0) is 14.8 Å². The van der Waals surface area contributed by atoms with Gasteiger partial charge in [0.05, 0.1) is 19.2 Å². The minimum absolute atomic E-state index is 0.0136. The number of sulfonamides is 1. The van der Waals surface area contributed by atoms with Crippen molar-refractivity contribution in [2.45, 2.75) is 30.7 Å². The molecule has 2 rings (SSSR count). The SMILES string of the molecule is COc1cncc(S(=O)(=O)N2CCC[C@H](C(=O)O)[C@@H]2C)c1. The molecule has 0 amide bonds. The second-order valence-corrected chi connectivity index (χ2v) is 6.89. The Kier molecular flexibility index (Phi) is 4.48. The van der Waals surface area contributed by atoms with Crippen molar-refractivity contribution in [2.75, 3.05) is 13.7 Å². The minimum atomic E-state index is -3.78. The topological polar surface area (TPSA) is 96.8 Å². The molecule has 7 nitrogen and oxygen atoms in total. The van der Waals surface area contributed by atoms with E-state index in [4.69, 9.17) is 4.74 Å². The Balaban J connectivity index is 2.36. The van der Waals surface area contributed by atoms with Crippen LogP contribution in [0.1, 0.15) is 19.8 Å². The maximum absolute atomic E-state index is 12.7. The van der Waals surface area contributed by atoms with Gasteiger partial charge in [-0.2, -0.15) is 4.31 Å². The first-order chi connectivity index (χ1) is 9.87. The van der Waals surface area contributed by atoms with E-state index in [1.54, 1.807) is 6.92 Å². The first-order valence-corrected chi connectivity index (χ1v) is 8.05. The number of pyridine rings is 1. The Morgan fingerprint density at radius 3 is 2.81 bits per heavy atom. The van der Waals surface area contributed by atoms with Gasteiger partial charge in [0.2, 0.25) is 10.0 Å². The first-order valence-electron chi connectivity index (χ1n) is 6.61. The second-order valence-electron chi connectivity index (χ2n) is 5.00. The Morgan fingerprint density at radius 2 is 2.19 bits per heavy atom. The molecule has 1 saturated heterocycles. The molecule has 1 fully saturated rings. The number of hydrogen-bond donors (Lipinski definition) is 1. The van der Waals surface area contributed by atoms with Gasteiger partial charge in [-0.3, -0.25) is 9.78 Å². The van der Waals surface area contributed by atoms with Crippen LogP contribution in [0.3, 0.4) is 0 Å². The van der Waals surface area contributed by atoms with Crippen LogP contribution < -0.4 is 4.74 Å². The molecule has 0 bridgehead atoms. The van der Waals surface area contributed by atoms with Crippen molar-refractivity contribution in [3.05, 3.63) is 18.5 Å². The molecular formula is C13H18N2O5S. The van der Waals surface area contributed by atoms with Crippen molar-refractivity contribution in [1.82, 2.24) is 9.29 Å². The van der Waals surface area contributed by atoms with Gasteiger partial charge in [-0.15, -0.1) is 0 Å². The number of nitrogens with zero attached hydrogens (tertiary/aromatic N) is 2. The predicted octanol–water partition coefficient (Wildman–Crippen LogP) is 0.964. The zero-order valence-electron chi connectivity index (χ0n) is 11.9. The van der Waals surface area contributed by atoms with Crippen LogP contribution >= 0.6 is 0 Å². The smallest absolute Gasteiger partial charge is 0.308 e. The van der Waals surface area contributed by atoms with Crippen LogP contribution in [0, 0.1) is 5.92 Å². The third-order valence-corrected chi connectivity index (χ3v) is 5.73. The van der Waals surface area contributed by atoms with Gasteiger partial charge in [0, 0.05) is 24.8 Å². The molecule has 8 heteroatoms. The number of methoxy groups -OCH3 is 1. The number of piperidine rings is 1. The number of hydrogen-bond acceptors (Lipinski definition) is 5. The van der Waals surface area contributed by atoms with Crippen LogP contribution in [0.25, 0.3) is 0 Å². The number of rotatable bonds is 4. The quantitative estimate of drug-likeness (QED) is 0.889. The molecule has 0 aromatic carbocycles. The average molecular weight is 314 g/mol. The van der Waals surface area contributed by atoms with Gasteiger partial charge in [0.25, 0.3) is 0 Å². The van der Waals surface area contributed by atoms with E-state index in [0.717, 1.165) is 0 Å². The van der Waals surface area contributed by atoms with Gasteiger partial charge in [0.1, 0.15) is 10.6 Å². The Labute approximate surface area is 123 Å². The van der Waals surface area contributed by atoms with E-state index in [9.17, 15) is 18.3 Å². The first kappa shape index (κ1) is 15.7. The van der Waals surface area contributed by atoms with Crippen molar-refractivity contribution in [2.24, 2.45) is 5.92 Å². The molecule has 2 heterocycles. The lowest BCUT2D eigenvalue weighted by atomic mass is 9.92. The van der Waals surface area contributed by atoms with Crippen LogP contribution in [-0.4, -0.2) is 48.5 Å². The summed E-state index contributed by atoms with van der Waals surface area (Å²) in [4.78, 5) is 15.1. The molecule has 0 saturated carbocycles. The minimum Gasteiger partial charge on any atom is -0.495 e. The highest BCUT2D eigenvalue weighted by Crippen LogP contribution is 2.30. The number of carboxylic acids is 1. The molecule has 1 aromatic heterocycles. The zero-order valence-corrected chi connectivity index (χ0v) is 12.7. The maximum atomic E-state index is 12.7. The van der Waals surface area contributed by atoms with E-state index in [2.05, 4.69) is 4.98 Å². The van der Waals surface area contributed by atoms with Crippen LogP contribution in [0.5, 0.6) is 5.75 Å². The van der Waals surface area contributed by atoms with Crippen molar-refractivity contribution in [1.29, 1.82) is 0 Å². The van der Waals surface area contributed by atoms with Crippen molar-refractivity contribution in [3.63, 3.8) is 0 Å². The third kappa shape index (κ3) is 3.01. The predicted molar refractivity (Wildman–Crippen MR) is 74.5 cm³/mol. The van der Waals surface area contributed by atoms with E-state index >= 15 is 0 Å². The highest BCUT2D eigenvalue weighted by Gasteiger charge is 2.39. The monoisotopic (exact) mass is 314 g/mol. The van der Waals surface area contributed by atoms with Crippen molar-refractivity contribution < 1.29 is 23.1 Å². The summed E-state index contributed by atoms with van der Waals surface area (Å²) >= 11 is 0. The van der Waals surface area contributed by atoms with Gasteiger partial charge in [-0.25, -0.2) is 8.42 Å². The van der Waals surface area contributed by atoms with Crippen LogP contribution in [0.4, 0.5) is 0 Å². The van der Waals surface area contributed by atoms with Gasteiger partial charge < -0.3 is 9.84 Å². The summed E-state index contributed by atoms with van der Waals surface area (Å²) in [6, 6.07) is 0.798. The Hall–Kier alpha value is -1.67. The van der Waals surface area contributed by atoms with E-state index in [1.807, 2.05) is 0 Å². The van der Waals surface area contributed by atoms with E-state index < -0.39 is 28.0 Å². The lowest BCUT2D eigenvalue weighted by molar-refractivity contribution is -0.144. The molecule has 2 atom stereocenters. The number of carbonyl (C=O) groups is 1.